The standard InChI is InChI=1S/C13H10FNO4/c1-19-11-3-2-8(14)5-9(11)10-4-7(13(17)18)6-15-12(10)16/h2-6H,1H3,(H,15,16)(H,17,18). The van der Waals surface area contributed by atoms with Crippen molar-refractivity contribution in [1.82, 2.24) is 4.98 Å². The van der Waals surface area contributed by atoms with Gasteiger partial charge >= 0.3 is 5.97 Å². The largest absolute Gasteiger partial charge is 0.496 e. The molecule has 0 saturated heterocycles. The second-order valence-electron chi connectivity index (χ2n) is 3.78. The van der Waals surface area contributed by atoms with E-state index in [1.165, 1.54) is 25.3 Å². The number of aromatic carboxylic acids is 1. The molecule has 0 radical (unpaired) electrons. The summed E-state index contributed by atoms with van der Waals surface area (Å²) in [6.07, 6.45) is 1.08. The van der Waals surface area contributed by atoms with Crippen LogP contribution in [0.3, 0.4) is 0 Å². The number of pyridine rings is 1. The van der Waals surface area contributed by atoms with Gasteiger partial charge in [0.1, 0.15) is 11.6 Å². The van der Waals surface area contributed by atoms with Crippen LogP contribution in [0, 0.1) is 5.82 Å². The van der Waals surface area contributed by atoms with Gasteiger partial charge in [0.2, 0.25) is 0 Å². The van der Waals surface area contributed by atoms with Crippen LogP contribution in [0.2, 0.25) is 0 Å². The van der Waals surface area contributed by atoms with Crippen LogP contribution in [0.1, 0.15) is 10.4 Å². The summed E-state index contributed by atoms with van der Waals surface area (Å²) in [5, 5.41) is 8.90. The maximum Gasteiger partial charge on any atom is 0.337 e. The number of methoxy groups -OCH3 is 1. The SMILES string of the molecule is COc1ccc(F)cc1-c1cc(C(=O)O)c[nH]c1=O. The Bertz CT molecular complexity index is 693. The first-order chi connectivity index (χ1) is 9.02. The Morgan fingerprint density at radius 3 is 2.68 bits per heavy atom. The second-order valence-corrected chi connectivity index (χ2v) is 3.78. The molecule has 1 aromatic carbocycles. The normalized spacial score (nSPS) is 10.2. The molecule has 2 rings (SSSR count). The quantitative estimate of drug-likeness (QED) is 0.886. The molecule has 0 aliphatic carbocycles. The van der Waals surface area contributed by atoms with E-state index < -0.39 is 17.3 Å². The Morgan fingerprint density at radius 1 is 1.32 bits per heavy atom. The third-order valence-electron chi connectivity index (χ3n) is 2.60. The van der Waals surface area contributed by atoms with Gasteiger partial charge in [0.25, 0.3) is 5.56 Å². The number of halogens is 1. The third kappa shape index (κ3) is 2.47. The average molecular weight is 263 g/mol. The van der Waals surface area contributed by atoms with Crippen LogP contribution in [0.25, 0.3) is 11.1 Å². The fourth-order valence-electron chi connectivity index (χ4n) is 1.70. The minimum Gasteiger partial charge on any atom is -0.496 e. The fourth-order valence-corrected chi connectivity index (χ4v) is 1.70. The van der Waals surface area contributed by atoms with E-state index in [0.29, 0.717) is 0 Å². The number of aromatic nitrogens is 1. The summed E-state index contributed by atoms with van der Waals surface area (Å²) < 4.78 is 18.3. The molecule has 1 heterocycles. The Hall–Kier alpha value is -2.63. The molecular formula is C13H10FNO4. The van der Waals surface area contributed by atoms with Gasteiger partial charge < -0.3 is 14.8 Å². The van der Waals surface area contributed by atoms with E-state index in [9.17, 15) is 14.0 Å². The molecule has 0 unspecified atom stereocenters. The summed E-state index contributed by atoms with van der Waals surface area (Å²) in [5.41, 5.74) is -0.377. The highest BCUT2D eigenvalue weighted by Gasteiger charge is 2.13. The molecule has 0 aliphatic heterocycles. The van der Waals surface area contributed by atoms with Crippen molar-refractivity contribution in [2.24, 2.45) is 0 Å². The van der Waals surface area contributed by atoms with Gasteiger partial charge in [-0.3, -0.25) is 4.79 Å². The van der Waals surface area contributed by atoms with Crippen LogP contribution in [-0.2, 0) is 0 Å². The lowest BCUT2D eigenvalue weighted by Gasteiger charge is -2.08. The highest BCUT2D eigenvalue weighted by Crippen LogP contribution is 2.28. The lowest BCUT2D eigenvalue weighted by atomic mass is 10.0. The van der Waals surface area contributed by atoms with Crippen molar-refractivity contribution in [2.75, 3.05) is 7.11 Å². The molecule has 98 valence electrons. The zero-order chi connectivity index (χ0) is 14.0. The summed E-state index contributed by atoms with van der Waals surface area (Å²) >= 11 is 0. The minimum absolute atomic E-state index is 0.0382. The number of hydrogen-bond acceptors (Lipinski definition) is 3. The van der Waals surface area contributed by atoms with Gasteiger partial charge in [-0.2, -0.15) is 0 Å². The predicted octanol–water partition coefficient (Wildman–Crippen LogP) is 1.89. The Morgan fingerprint density at radius 2 is 2.05 bits per heavy atom. The average Bonchev–Trinajstić information content (AvgIpc) is 2.39. The van der Waals surface area contributed by atoms with Crippen molar-refractivity contribution in [3.8, 4) is 16.9 Å². The van der Waals surface area contributed by atoms with Crippen molar-refractivity contribution < 1.29 is 19.0 Å². The van der Waals surface area contributed by atoms with Gasteiger partial charge in [-0.1, -0.05) is 0 Å². The molecule has 6 heteroatoms. The van der Waals surface area contributed by atoms with E-state index in [2.05, 4.69) is 4.98 Å². The second kappa shape index (κ2) is 4.93. The number of carbonyl (C=O) groups is 1. The van der Waals surface area contributed by atoms with Crippen molar-refractivity contribution in [2.45, 2.75) is 0 Å². The Balaban J connectivity index is 2.70. The van der Waals surface area contributed by atoms with E-state index in [1.54, 1.807) is 0 Å². The highest BCUT2D eigenvalue weighted by molar-refractivity contribution is 5.89. The molecule has 2 aromatic rings. The van der Waals surface area contributed by atoms with Crippen molar-refractivity contribution in [1.29, 1.82) is 0 Å². The number of aromatic amines is 1. The molecular weight excluding hydrogens is 253 g/mol. The van der Waals surface area contributed by atoms with Crippen LogP contribution in [0.5, 0.6) is 5.75 Å². The summed E-state index contributed by atoms with van der Waals surface area (Å²) in [4.78, 5) is 24.9. The highest BCUT2D eigenvalue weighted by atomic mass is 19.1. The third-order valence-corrected chi connectivity index (χ3v) is 2.60. The number of ether oxygens (including phenoxy) is 1. The van der Waals surface area contributed by atoms with Gasteiger partial charge in [0, 0.05) is 11.8 Å². The first-order valence-electron chi connectivity index (χ1n) is 5.33. The van der Waals surface area contributed by atoms with E-state index in [0.717, 1.165) is 12.3 Å². The van der Waals surface area contributed by atoms with Gasteiger partial charge in [-0.05, 0) is 24.3 Å². The minimum atomic E-state index is -1.19. The van der Waals surface area contributed by atoms with E-state index >= 15 is 0 Å². The number of carboxylic acids is 1. The predicted molar refractivity (Wildman–Crippen MR) is 66.0 cm³/mol. The first kappa shape index (κ1) is 12.8. The maximum atomic E-state index is 13.3. The summed E-state index contributed by atoms with van der Waals surface area (Å²) in [5.74, 6) is -1.45. The molecule has 0 fully saturated rings. The Kier molecular flexibility index (Phi) is 3.33. The maximum absolute atomic E-state index is 13.3. The smallest absolute Gasteiger partial charge is 0.337 e. The van der Waals surface area contributed by atoms with Crippen LogP contribution >= 0.6 is 0 Å². The monoisotopic (exact) mass is 263 g/mol. The number of benzene rings is 1. The molecule has 0 aliphatic rings. The van der Waals surface area contributed by atoms with Gasteiger partial charge in [0.05, 0.1) is 18.2 Å². The molecule has 2 N–H and O–H groups in total. The number of H-pyrrole nitrogens is 1. The molecule has 0 saturated carbocycles. The zero-order valence-corrected chi connectivity index (χ0v) is 9.94. The molecule has 0 bridgehead atoms. The molecule has 5 nitrogen and oxygen atoms in total. The van der Waals surface area contributed by atoms with Gasteiger partial charge in [-0.25, -0.2) is 9.18 Å². The van der Waals surface area contributed by atoms with Gasteiger partial charge in [0.15, 0.2) is 0 Å². The number of rotatable bonds is 3. The van der Waals surface area contributed by atoms with Crippen molar-refractivity contribution in [3.05, 3.63) is 52.2 Å². The Labute approximate surface area is 107 Å². The van der Waals surface area contributed by atoms with E-state index in [4.69, 9.17) is 9.84 Å². The van der Waals surface area contributed by atoms with Gasteiger partial charge in [-0.15, -0.1) is 0 Å². The fraction of sp³-hybridized carbons (Fsp3) is 0.0769. The molecule has 0 amide bonds. The summed E-state index contributed by atoms with van der Waals surface area (Å²) in [7, 11) is 1.38. The van der Waals surface area contributed by atoms with Crippen LogP contribution in [-0.4, -0.2) is 23.2 Å². The number of carboxylic acid groups (broad SMARTS) is 1. The van der Waals surface area contributed by atoms with Crippen LogP contribution in [0.15, 0.2) is 35.3 Å². The summed E-state index contributed by atoms with van der Waals surface area (Å²) in [6, 6.07) is 4.86. The zero-order valence-electron chi connectivity index (χ0n) is 9.94. The lowest BCUT2D eigenvalue weighted by molar-refractivity contribution is 0.0696. The van der Waals surface area contributed by atoms with E-state index in [-0.39, 0.29) is 22.4 Å². The number of nitrogens with one attached hydrogen (secondary N) is 1. The van der Waals surface area contributed by atoms with E-state index in [1.807, 2.05) is 0 Å². The molecule has 19 heavy (non-hydrogen) atoms. The topological polar surface area (TPSA) is 79.4 Å². The molecule has 0 spiro atoms. The van der Waals surface area contributed by atoms with Crippen molar-refractivity contribution in [3.63, 3.8) is 0 Å². The van der Waals surface area contributed by atoms with Crippen LogP contribution < -0.4 is 10.3 Å². The lowest BCUT2D eigenvalue weighted by Crippen LogP contribution is -2.12. The van der Waals surface area contributed by atoms with Crippen molar-refractivity contribution >= 4 is 5.97 Å². The number of hydrogen-bond donors (Lipinski definition) is 2. The first-order valence-corrected chi connectivity index (χ1v) is 5.33. The van der Waals surface area contributed by atoms with Crippen LogP contribution in [0.4, 0.5) is 4.39 Å². The molecule has 1 aromatic heterocycles. The summed E-state index contributed by atoms with van der Waals surface area (Å²) in [6.45, 7) is 0. The molecule has 0 atom stereocenters.